The van der Waals surface area contributed by atoms with Crippen molar-refractivity contribution in [3.8, 4) is 0 Å². The number of benzene rings is 2. The average molecular weight is 497 g/mol. The minimum absolute atomic E-state index is 0.0124. The normalized spacial score (nSPS) is 38.3. The number of amides is 2. The minimum atomic E-state index is -0.141. The molecule has 2 aromatic carbocycles. The molecule has 194 valence electrons. The Morgan fingerprint density at radius 3 is 2.24 bits per heavy atom. The number of carbonyl (C=O) groups excluding carboxylic acids is 2. The third kappa shape index (κ3) is 3.95. The van der Waals surface area contributed by atoms with Crippen LogP contribution in [0, 0.1) is 40.4 Å². The van der Waals surface area contributed by atoms with Crippen LogP contribution in [-0.4, -0.2) is 17.9 Å². The van der Waals surface area contributed by atoms with Crippen LogP contribution in [0.2, 0.25) is 0 Å². The topological polar surface area (TPSA) is 58.2 Å². The predicted octanol–water partition coefficient (Wildman–Crippen LogP) is 6.05. The molecule has 0 radical (unpaired) electrons. The van der Waals surface area contributed by atoms with E-state index < -0.39 is 0 Å². The molecule has 1 aliphatic heterocycles. The molecule has 2 N–H and O–H groups in total. The van der Waals surface area contributed by atoms with Gasteiger partial charge in [-0.3, -0.25) is 9.59 Å². The van der Waals surface area contributed by atoms with Crippen molar-refractivity contribution in [2.75, 3.05) is 0 Å². The first-order chi connectivity index (χ1) is 17.8. The fraction of sp³-hybridized carbons (Fsp3) is 0.515. The van der Waals surface area contributed by atoms with Gasteiger partial charge in [0.2, 0.25) is 11.8 Å². The lowest BCUT2D eigenvalue weighted by Gasteiger charge is -2.60. The molecule has 3 saturated carbocycles. The summed E-state index contributed by atoms with van der Waals surface area (Å²) in [5.74, 6) is 2.54. The van der Waals surface area contributed by atoms with E-state index in [1.54, 1.807) is 6.08 Å². The molecule has 0 aromatic heterocycles. The van der Waals surface area contributed by atoms with E-state index in [1.807, 2.05) is 36.4 Å². The van der Waals surface area contributed by atoms with Gasteiger partial charge < -0.3 is 10.6 Å². The van der Waals surface area contributed by atoms with E-state index in [-0.39, 0.29) is 40.6 Å². The summed E-state index contributed by atoms with van der Waals surface area (Å²) in [6.45, 7) is 7.16. The van der Waals surface area contributed by atoms with Gasteiger partial charge in [-0.2, -0.15) is 0 Å². The van der Waals surface area contributed by atoms with Gasteiger partial charge >= 0.3 is 0 Å². The van der Waals surface area contributed by atoms with Gasteiger partial charge in [-0.15, -0.1) is 0 Å². The van der Waals surface area contributed by atoms with Crippen LogP contribution >= 0.6 is 0 Å². The molecular weight excluding hydrogens is 456 g/mol. The monoisotopic (exact) mass is 496 g/mol. The van der Waals surface area contributed by atoms with Crippen LogP contribution in [0.15, 0.2) is 72.8 Å². The molecular formula is C33H40N2O2. The van der Waals surface area contributed by atoms with E-state index in [2.05, 4.69) is 61.7 Å². The zero-order valence-corrected chi connectivity index (χ0v) is 22.3. The van der Waals surface area contributed by atoms with Gasteiger partial charge in [-0.05, 0) is 78.4 Å². The quantitative estimate of drug-likeness (QED) is 0.541. The highest BCUT2D eigenvalue weighted by molar-refractivity contribution is 5.89. The molecule has 8 atom stereocenters. The summed E-state index contributed by atoms with van der Waals surface area (Å²) in [6.07, 6.45) is 9.29. The minimum Gasteiger partial charge on any atom is -0.349 e. The zero-order chi connectivity index (χ0) is 25.8. The zero-order valence-electron chi connectivity index (χ0n) is 22.3. The Morgan fingerprint density at radius 1 is 0.946 bits per heavy atom. The lowest BCUT2D eigenvalue weighted by molar-refractivity contribution is -0.137. The summed E-state index contributed by atoms with van der Waals surface area (Å²) in [7, 11) is 0. The fourth-order valence-corrected chi connectivity index (χ4v) is 9.01. The van der Waals surface area contributed by atoms with E-state index >= 15 is 0 Å². The first-order valence-corrected chi connectivity index (χ1v) is 14.2. The van der Waals surface area contributed by atoms with Crippen LogP contribution in [0.3, 0.4) is 0 Å². The number of nitrogens with one attached hydrogen (secondary N) is 2. The van der Waals surface area contributed by atoms with Crippen molar-refractivity contribution in [3.05, 3.63) is 83.9 Å². The van der Waals surface area contributed by atoms with E-state index in [9.17, 15) is 9.59 Å². The molecule has 3 aliphatic carbocycles. The van der Waals surface area contributed by atoms with Crippen molar-refractivity contribution < 1.29 is 9.59 Å². The third-order valence-corrected chi connectivity index (χ3v) is 10.9. The van der Waals surface area contributed by atoms with Gasteiger partial charge in [0.25, 0.3) is 0 Å². The van der Waals surface area contributed by atoms with Crippen LogP contribution in [0.5, 0.6) is 0 Å². The molecule has 37 heavy (non-hydrogen) atoms. The molecule has 2 aromatic rings. The van der Waals surface area contributed by atoms with Crippen molar-refractivity contribution in [2.45, 2.75) is 65.0 Å². The van der Waals surface area contributed by atoms with Crippen molar-refractivity contribution in [3.63, 3.8) is 0 Å². The maximum atomic E-state index is 14.1. The van der Waals surface area contributed by atoms with E-state index in [0.717, 1.165) is 43.2 Å². The fourth-order valence-electron chi connectivity index (χ4n) is 9.01. The van der Waals surface area contributed by atoms with E-state index in [1.165, 1.54) is 0 Å². The molecule has 2 amide bonds. The van der Waals surface area contributed by atoms with Gasteiger partial charge in [-0.1, -0.05) is 87.5 Å². The van der Waals surface area contributed by atoms with Crippen molar-refractivity contribution in [1.82, 2.24) is 10.6 Å². The molecule has 3 fully saturated rings. The van der Waals surface area contributed by atoms with Crippen LogP contribution in [0.1, 0.15) is 70.0 Å². The summed E-state index contributed by atoms with van der Waals surface area (Å²) in [6, 6.07) is 20.8. The smallest absolute Gasteiger partial charge is 0.243 e. The maximum absolute atomic E-state index is 14.1. The molecule has 0 spiro atoms. The molecule has 0 bridgehead atoms. The molecule has 4 nitrogen and oxygen atoms in total. The maximum Gasteiger partial charge on any atom is 0.243 e. The Balaban J connectivity index is 1.26. The second-order valence-electron chi connectivity index (χ2n) is 12.7. The van der Waals surface area contributed by atoms with Gasteiger partial charge in [0, 0.05) is 17.4 Å². The molecule has 1 heterocycles. The number of rotatable bonds is 4. The molecule has 4 aliphatic rings. The second-order valence-corrected chi connectivity index (χ2v) is 12.7. The number of carbonyl (C=O) groups is 2. The van der Waals surface area contributed by atoms with Gasteiger partial charge in [-0.25, -0.2) is 0 Å². The highest BCUT2D eigenvalue weighted by Crippen LogP contribution is 2.66. The lowest BCUT2D eigenvalue weighted by Crippen LogP contribution is -2.61. The molecule has 4 heteroatoms. The Morgan fingerprint density at radius 2 is 1.59 bits per heavy atom. The van der Waals surface area contributed by atoms with Crippen LogP contribution in [-0.2, 0) is 9.59 Å². The highest BCUT2D eigenvalue weighted by Gasteiger charge is 2.62. The van der Waals surface area contributed by atoms with Gasteiger partial charge in [0.1, 0.15) is 0 Å². The average Bonchev–Trinajstić information content (AvgIpc) is 3.26. The second kappa shape index (κ2) is 9.15. The van der Waals surface area contributed by atoms with Crippen LogP contribution < -0.4 is 10.6 Å². The Hall–Kier alpha value is -2.88. The number of fused-ring (bicyclic) bond motifs is 5. The van der Waals surface area contributed by atoms with Crippen LogP contribution in [0.25, 0.3) is 0 Å². The van der Waals surface area contributed by atoms with Crippen molar-refractivity contribution >= 4 is 11.8 Å². The Labute approximate surface area is 221 Å². The standard InChI is InChI=1S/C33H40N2O2/c1-21-20-27-33(3,19-17-28(36)34-27)25-16-18-32(2)24(29(21)25)14-15-26(32)31(37)35-30(22-10-6-4-7-11-22)23-12-8-5-9-13-23/h4-13,17,19,21,24-27,29-30H,14-16,18,20H2,1-3H3,(H,34,36)(H,35,37)/t21?,24-,25+,26?,27?,29-,32-,33+/m0/s1. The Kier molecular flexibility index (Phi) is 6.05. The number of hydrogen-bond donors (Lipinski definition) is 2. The summed E-state index contributed by atoms with van der Waals surface area (Å²) in [5.41, 5.74) is 2.27. The number of hydrogen-bond acceptors (Lipinski definition) is 2. The highest BCUT2D eigenvalue weighted by atomic mass is 16.2. The molecule has 3 unspecified atom stereocenters. The summed E-state index contributed by atoms with van der Waals surface area (Å²) in [5, 5.41) is 6.77. The summed E-state index contributed by atoms with van der Waals surface area (Å²) >= 11 is 0. The Bertz CT molecular complexity index is 1150. The van der Waals surface area contributed by atoms with Crippen molar-refractivity contribution in [1.29, 1.82) is 0 Å². The summed E-state index contributed by atoms with van der Waals surface area (Å²) < 4.78 is 0. The lowest BCUT2D eigenvalue weighted by atomic mass is 9.45. The molecule has 6 rings (SSSR count). The largest absolute Gasteiger partial charge is 0.349 e. The van der Waals surface area contributed by atoms with Crippen LogP contribution in [0.4, 0.5) is 0 Å². The third-order valence-electron chi connectivity index (χ3n) is 10.9. The van der Waals surface area contributed by atoms with E-state index in [0.29, 0.717) is 23.7 Å². The predicted molar refractivity (Wildman–Crippen MR) is 146 cm³/mol. The van der Waals surface area contributed by atoms with Crippen molar-refractivity contribution in [2.24, 2.45) is 40.4 Å². The molecule has 0 saturated heterocycles. The van der Waals surface area contributed by atoms with Gasteiger partial charge in [0.15, 0.2) is 0 Å². The SMILES string of the molecule is CC1CC2NC(=O)C=C[C@]2(C)[C@@H]2CC[C@]3(C)C(C(=O)NC(c4ccccc4)c4ccccc4)CC[C@H]3[C@H]12. The van der Waals surface area contributed by atoms with Gasteiger partial charge in [0.05, 0.1) is 6.04 Å². The first-order valence-electron chi connectivity index (χ1n) is 14.2. The van der Waals surface area contributed by atoms with E-state index in [4.69, 9.17) is 0 Å². The first kappa shape index (κ1) is 24.5. The summed E-state index contributed by atoms with van der Waals surface area (Å²) in [4.78, 5) is 26.2.